The van der Waals surface area contributed by atoms with E-state index < -0.39 is 11.6 Å². The Morgan fingerprint density at radius 2 is 1.60 bits per heavy atom. The number of hydrogen-bond donors (Lipinski definition) is 1. The number of halogens is 2. The lowest BCUT2D eigenvalue weighted by Gasteiger charge is -2.08. The normalized spacial score (nSPS) is 10.7. The molecule has 2 aromatic carbocycles. The average Bonchev–Trinajstić information content (AvgIpc) is 2.44. The van der Waals surface area contributed by atoms with Crippen LogP contribution >= 0.6 is 0 Å². The Kier molecular flexibility index (Phi) is 2.90. The van der Waals surface area contributed by atoms with E-state index in [0.29, 0.717) is 11.0 Å². The lowest BCUT2D eigenvalue weighted by atomic mass is 10.3. The predicted octanol–water partition coefficient (Wildman–Crippen LogP) is 3.28. The van der Waals surface area contributed by atoms with E-state index in [9.17, 15) is 8.78 Å². The summed E-state index contributed by atoms with van der Waals surface area (Å²) in [6, 6.07) is 10.3. The average molecular weight is 273 g/mol. The van der Waals surface area contributed by atoms with Crippen LogP contribution in [0.3, 0.4) is 0 Å². The van der Waals surface area contributed by atoms with Crippen LogP contribution in [0, 0.1) is 11.6 Å². The molecule has 0 aliphatic rings. The molecule has 0 aliphatic heterocycles. The van der Waals surface area contributed by atoms with Gasteiger partial charge in [0.1, 0.15) is 5.75 Å². The van der Waals surface area contributed by atoms with Gasteiger partial charge in [-0.15, -0.1) is 0 Å². The lowest BCUT2D eigenvalue weighted by Crippen LogP contribution is -1.99. The first-order valence-corrected chi connectivity index (χ1v) is 5.78. The van der Waals surface area contributed by atoms with Crippen LogP contribution in [0.5, 0.6) is 11.6 Å². The maximum absolute atomic E-state index is 13.1. The number of nitrogens with two attached hydrogens (primary N) is 1. The van der Waals surface area contributed by atoms with Gasteiger partial charge in [-0.3, -0.25) is 0 Å². The van der Waals surface area contributed by atoms with Gasteiger partial charge in [-0.25, -0.2) is 18.7 Å². The van der Waals surface area contributed by atoms with Crippen molar-refractivity contribution in [3.63, 3.8) is 0 Å². The molecule has 0 saturated heterocycles. The predicted molar refractivity (Wildman–Crippen MR) is 70.4 cm³/mol. The van der Waals surface area contributed by atoms with Gasteiger partial charge >= 0.3 is 0 Å². The van der Waals surface area contributed by atoms with E-state index in [0.717, 1.165) is 12.1 Å². The molecule has 1 heterocycles. The molecule has 0 spiro atoms. The van der Waals surface area contributed by atoms with E-state index >= 15 is 0 Å². The Balaban J connectivity index is 2.01. The van der Waals surface area contributed by atoms with Crippen molar-refractivity contribution in [2.45, 2.75) is 0 Å². The van der Waals surface area contributed by atoms with Gasteiger partial charge in [0.05, 0.1) is 11.0 Å². The molecule has 20 heavy (non-hydrogen) atoms. The molecule has 0 unspecified atom stereocenters. The third-order valence-electron chi connectivity index (χ3n) is 2.67. The van der Waals surface area contributed by atoms with E-state index in [1.807, 2.05) is 6.07 Å². The summed E-state index contributed by atoms with van der Waals surface area (Å²) >= 11 is 0. The Hall–Kier alpha value is -2.76. The Labute approximate surface area is 112 Å². The van der Waals surface area contributed by atoms with Crippen molar-refractivity contribution < 1.29 is 13.5 Å². The number of rotatable bonds is 2. The third kappa shape index (κ3) is 2.23. The summed E-state index contributed by atoms with van der Waals surface area (Å²) in [6.07, 6.45) is 0. The van der Waals surface area contributed by atoms with Gasteiger partial charge in [0, 0.05) is 6.07 Å². The molecule has 2 N–H and O–H groups in total. The highest BCUT2D eigenvalue weighted by Gasteiger charge is 2.10. The Morgan fingerprint density at radius 1 is 0.900 bits per heavy atom. The van der Waals surface area contributed by atoms with Crippen LogP contribution in [0.25, 0.3) is 11.0 Å². The second-order valence-electron chi connectivity index (χ2n) is 4.08. The summed E-state index contributed by atoms with van der Waals surface area (Å²) in [5, 5.41) is 0. The van der Waals surface area contributed by atoms with Crippen molar-refractivity contribution in [3.8, 4) is 11.6 Å². The number of ether oxygens (including phenoxy) is 1. The SMILES string of the molecule is Nc1nc2ccccc2nc1Oc1ccc(F)c(F)c1. The molecule has 6 heteroatoms. The molecule has 0 atom stereocenters. The zero-order valence-electron chi connectivity index (χ0n) is 10.2. The number of aromatic nitrogens is 2. The van der Waals surface area contributed by atoms with Crippen LogP contribution < -0.4 is 10.5 Å². The zero-order valence-corrected chi connectivity index (χ0v) is 10.2. The van der Waals surface area contributed by atoms with Crippen LogP contribution in [0.4, 0.5) is 14.6 Å². The van der Waals surface area contributed by atoms with Crippen molar-refractivity contribution in [1.82, 2.24) is 9.97 Å². The maximum Gasteiger partial charge on any atom is 0.263 e. The van der Waals surface area contributed by atoms with Gasteiger partial charge < -0.3 is 10.5 Å². The third-order valence-corrected chi connectivity index (χ3v) is 2.67. The van der Waals surface area contributed by atoms with Crippen LogP contribution in [0.2, 0.25) is 0 Å². The lowest BCUT2D eigenvalue weighted by molar-refractivity contribution is 0.450. The second-order valence-corrected chi connectivity index (χ2v) is 4.08. The van der Waals surface area contributed by atoms with Crippen molar-refractivity contribution in [3.05, 3.63) is 54.1 Å². The Bertz CT molecular complexity index is 792. The first kappa shape index (κ1) is 12.3. The molecule has 4 nitrogen and oxygen atoms in total. The van der Waals surface area contributed by atoms with Gasteiger partial charge in [0.2, 0.25) is 0 Å². The van der Waals surface area contributed by atoms with Gasteiger partial charge in [-0.2, -0.15) is 0 Å². The molecule has 0 amide bonds. The van der Waals surface area contributed by atoms with E-state index in [2.05, 4.69) is 9.97 Å². The van der Waals surface area contributed by atoms with E-state index in [4.69, 9.17) is 10.5 Å². The summed E-state index contributed by atoms with van der Waals surface area (Å²) < 4.78 is 31.3. The molecule has 3 rings (SSSR count). The number of anilines is 1. The number of hydrogen-bond acceptors (Lipinski definition) is 4. The molecule has 0 radical (unpaired) electrons. The molecule has 0 aliphatic carbocycles. The highest BCUT2D eigenvalue weighted by atomic mass is 19.2. The van der Waals surface area contributed by atoms with Crippen molar-refractivity contribution in [2.75, 3.05) is 5.73 Å². The standard InChI is InChI=1S/C14H9F2N3O/c15-9-6-5-8(7-10(9)16)20-14-13(17)18-11-3-1-2-4-12(11)19-14/h1-7H,(H2,17,18). The Morgan fingerprint density at radius 3 is 2.30 bits per heavy atom. The number of nitrogen functional groups attached to an aromatic ring is 1. The fourth-order valence-electron chi connectivity index (χ4n) is 1.72. The van der Waals surface area contributed by atoms with Crippen LogP contribution in [0.15, 0.2) is 42.5 Å². The molecule has 1 aromatic heterocycles. The highest BCUT2D eigenvalue weighted by molar-refractivity contribution is 5.76. The number of nitrogens with zero attached hydrogens (tertiary/aromatic N) is 2. The number of benzene rings is 2. The highest BCUT2D eigenvalue weighted by Crippen LogP contribution is 2.27. The maximum atomic E-state index is 13.1. The zero-order chi connectivity index (χ0) is 14.1. The molecule has 0 bridgehead atoms. The smallest absolute Gasteiger partial charge is 0.263 e. The number of fused-ring (bicyclic) bond motifs is 1. The fourth-order valence-corrected chi connectivity index (χ4v) is 1.72. The van der Waals surface area contributed by atoms with Gasteiger partial charge in [0.15, 0.2) is 17.5 Å². The summed E-state index contributed by atoms with van der Waals surface area (Å²) in [5.74, 6) is -1.73. The molecular weight excluding hydrogens is 264 g/mol. The van der Waals surface area contributed by atoms with E-state index in [1.54, 1.807) is 18.2 Å². The van der Waals surface area contributed by atoms with Gasteiger partial charge in [-0.1, -0.05) is 12.1 Å². The molecule has 0 saturated carbocycles. The fraction of sp³-hybridized carbons (Fsp3) is 0. The largest absolute Gasteiger partial charge is 0.436 e. The van der Waals surface area contributed by atoms with Gasteiger partial charge in [-0.05, 0) is 24.3 Å². The quantitative estimate of drug-likeness (QED) is 0.778. The summed E-state index contributed by atoms with van der Waals surface area (Å²) in [4.78, 5) is 8.33. The number of para-hydroxylation sites is 2. The topological polar surface area (TPSA) is 61.0 Å². The van der Waals surface area contributed by atoms with Gasteiger partial charge in [0.25, 0.3) is 5.88 Å². The molecule has 0 fully saturated rings. The molecule has 100 valence electrons. The summed E-state index contributed by atoms with van der Waals surface area (Å²) in [6.45, 7) is 0. The first-order chi connectivity index (χ1) is 9.63. The van der Waals surface area contributed by atoms with E-state index in [1.165, 1.54) is 6.07 Å². The minimum absolute atomic E-state index is 0.0507. The molecular formula is C14H9F2N3O. The van der Waals surface area contributed by atoms with Crippen molar-refractivity contribution in [2.24, 2.45) is 0 Å². The molecule has 3 aromatic rings. The van der Waals surface area contributed by atoms with E-state index in [-0.39, 0.29) is 17.4 Å². The van der Waals surface area contributed by atoms with Crippen molar-refractivity contribution in [1.29, 1.82) is 0 Å². The minimum atomic E-state index is -1.00. The second kappa shape index (κ2) is 4.73. The monoisotopic (exact) mass is 273 g/mol. The van der Waals surface area contributed by atoms with Crippen LogP contribution in [0.1, 0.15) is 0 Å². The first-order valence-electron chi connectivity index (χ1n) is 5.78. The summed E-state index contributed by atoms with van der Waals surface area (Å²) in [5.41, 5.74) is 6.96. The van der Waals surface area contributed by atoms with Crippen LogP contribution in [-0.4, -0.2) is 9.97 Å². The van der Waals surface area contributed by atoms with Crippen LogP contribution in [-0.2, 0) is 0 Å². The minimum Gasteiger partial charge on any atom is -0.436 e. The summed E-state index contributed by atoms with van der Waals surface area (Å²) in [7, 11) is 0. The van der Waals surface area contributed by atoms with Crippen molar-refractivity contribution >= 4 is 16.9 Å².